The van der Waals surface area contributed by atoms with Crippen LogP contribution >= 0.6 is 0 Å². The van der Waals surface area contributed by atoms with Crippen molar-refractivity contribution in [3.8, 4) is 0 Å². The number of aryl methyl sites for hydroxylation is 1. The van der Waals surface area contributed by atoms with Crippen molar-refractivity contribution in [2.24, 2.45) is 0 Å². The summed E-state index contributed by atoms with van der Waals surface area (Å²) < 4.78 is 5.32. The van der Waals surface area contributed by atoms with E-state index < -0.39 is 16.5 Å². The van der Waals surface area contributed by atoms with Crippen molar-refractivity contribution in [1.82, 2.24) is 0 Å². The number of aliphatic carboxylic acids is 1. The van der Waals surface area contributed by atoms with E-state index in [1.54, 1.807) is 19.1 Å². The zero-order chi connectivity index (χ0) is 14.9. The molecule has 7 nitrogen and oxygen atoms in total. The molecule has 0 atom stereocenters. The van der Waals surface area contributed by atoms with Crippen molar-refractivity contribution in [1.29, 1.82) is 0 Å². The molecule has 0 radical (unpaired) electrons. The fraction of sp³-hybridized carbons (Fsp3) is 0.462. The van der Waals surface area contributed by atoms with Gasteiger partial charge < -0.3 is 14.7 Å². The van der Waals surface area contributed by atoms with E-state index in [2.05, 4.69) is 0 Å². The number of hydrogen-bond acceptors (Lipinski definition) is 5. The van der Waals surface area contributed by atoms with Gasteiger partial charge in [-0.05, 0) is 26.0 Å². The third kappa shape index (κ3) is 2.88. The Kier molecular flexibility index (Phi) is 3.63. The Bertz CT molecular complexity index is 552. The van der Waals surface area contributed by atoms with Gasteiger partial charge in [0, 0.05) is 30.4 Å². The maximum atomic E-state index is 10.8. The number of carbonyl (C=O) groups is 1. The van der Waals surface area contributed by atoms with E-state index in [0.717, 1.165) is 5.69 Å². The number of benzene rings is 1. The molecular weight excluding hydrogens is 264 g/mol. The maximum absolute atomic E-state index is 10.8. The number of nitrogens with zero attached hydrogens (tertiary/aromatic N) is 2. The molecule has 0 bridgehead atoms. The summed E-state index contributed by atoms with van der Waals surface area (Å²) in [4.78, 5) is 22.8. The van der Waals surface area contributed by atoms with Gasteiger partial charge in [-0.2, -0.15) is 0 Å². The normalized spacial score (nSPS) is 16.6. The molecule has 0 amide bonds. The summed E-state index contributed by atoms with van der Waals surface area (Å²) in [6.45, 7) is 4.37. The van der Waals surface area contributed by atoms with Gasteiger partial charge in [0.2, 0.25) is 0 Å². The van der Waals surface area contributed by atoms with Crippen LogP contribution in [0.5, 0.6) is 0 Å². The Morgan fingerprint density at radius 3 is 2.70 bits per heavy atom. The van der Waals surface area contributed by atoms with Crippen LogP contribution in [0.4, 0.5) is 11.4 Å². The molecule has 0 spiro atoms. The predicted octanol–water partition coefficient (Wildman–Crippen LogP) is 1.58. The van der Waals surface area contributed by atoms with Gasteiger partial charge in [0.25, 0.3) is 5.69 Å². The first-order valence-corrected chi connectivity index (χ1v) is 6.16. The molecule has 0 aliphatic carbocycles. The summed E-state index contributed by atoms with van der Waals surface area (Å²) in [6.07, 6.45) is 0. The van der Waals surface area contributed by atoms with Crippen LogP contribution in [-0.2, 0) is 9.53 Å². The Morgan fingerprint density at radius 1 is 1.55 bits per heavy atom. The number of nitro groups is 1. The van der Waals surface area contributed by atoms with Crippen LogP contribution in [0.2, 0.25) is 0 Å². The first-order chi connectivity index (χ1) is 9.31. The molecule has 1 aliphatic heterocycles. The Morgan fingerprint density at radius 2 is 2.20 bits per heavy atom. The predicted molar refractivity (Wildman–Crippen MR) is 72.0 cm³/mol. The Labute approximate surface area is 115 Å². The van der Waals surface area contributed by atoms with Crippen LogP contribution < -0.4 is 4.90 Å². The van der Waals surface area contributed by atoms with E-state index in [1.807, 2.05) is 11.8 Å². The van der Waals surface area contributed by atoms with Gasteiger partial charge in [-0.1, -0.05) is 0 Å². The second kappa shape index (κ2) is 5.09. The standard InChI is InChI=1S/C13H16N2O5/c1-9-5-10(3-4-11(9)15(18)19)14-7-13(2,8-14)20-6-12(16)17/h3-5H,6-8H2,1-2H3,(H,16,17). The third-order valence-electron chi connectivity index (χ3n) is 3.34. The van der Waals surface area contributed by atoms with E-state index in [4.69, 9.17) is 9.84 Å². The lowest BCUT2D eigenvalue weighted by atomic mass is 9.95. The number of anilines is 1. The van der Waals surface area contributed by atoms with Gasteiger partial charge in [0.15, 0.2) is 0 Å². The molecule has 0 unspecified atom stereocenters. The van der Waals surface area contributed by atoms with Crippen LogP contribution in [0.3, 0.4) is 0 Å². The molecule has 0 aromatic heterocycles. The molecule has 1 saturated heterocycles. The number of hydrogen-bond donors (Lipinski definition) is 1. The molecule has 1 N–H and O–H groups in total. The monoisotopic (exact) mass is 280 g/mol. The van der Waals surface area contributed by atoms with Gasteiger partial charge in [-0.15, -0.1) is 0 Å². The summed E-state index contributed by atoms with van der Waals surface area (Å²) in [5, 5.41) is 19.4. The minimum atomic E-state index is -0.990. The lowest BCUT2D eigenvalue weighted by Crippen LogP contribution is -2.62. The first-order valence-electron chi connectivity index (χ1n) is 6.16. The molecule has 2 rings (SSSR count). The molecule has 108 valence electrons. The quantitative estimate of drug-likeness (QED) is 0.650. The molecule has 1 aromatic carbocycles. The molecule has 1 fully saturated rings. The van der Waals surface area contributed by atoms with Crippen molar-refractivity contribution in [2.75, 3.05) is 24.6 Å². The number of rotatable bonds is 5. The maximum Gasteiger partial charge on any atom is 0.329 e. The molecule has 0 saturated carbocycles. The molecular formula is C13H16N2O5. The van der Waals surface area contributed by atoms with Gasteiger partial charge in [0.05, 0.1) is 4.92 Å². The van der Waals surface area contributed by atoms with Crippen molar-refractivity contribution in [2.45, 2.75) is 19.4 Å². The molecule has 20 heavy (non-hydrogen) atoms. The van der Waals surface area contributed by atoms with Crippen molar-refractivity contribution in [3.05, 3.63) is 33.9 Å². The van der Waals surface area contributed by atoms with Crippen LogP contribution in [0.15, 0.2) is 18.2 Å². The van der Waals surface area contributed by atoms with E-state index in [9.17, 15) is 14.9 Å². The summed E-state index contributed by atoms with van der Waals surface area (Å²) in [5.41, 5.74) is 1.10. The summed E-state index contributed by atoms with van der Waals surface area (Å²) in [6, 6.07) is 4.94. The summed E-state index contributed by atoms with van der Waals surface area (Å²) in [5.74, 6) is -0.990. The highest BCUT2D eigenvalue weighted by Gasteiger charge is 2.40. The van der Waals surface area contributed by atoms with E-state index in [1.165, 1.54) is 6.07 Å². The Balaban J connectivity index is 2.00. The smallest absolute Gasteiger partial charge is 0.329 e. The highest BCUT2D eigenvalue weighted by Crippen LogP contribution is 2.32. The Hall–Kier alpha value is -2.15. The molecule has 1 heterocycles. The number of carboxylic acids is 1. The highest BCUT2D eigenvalue weighted by molar-refractivity contribution is 5.68. The molecule has 1 aliphatic rings. The van der Waals surface area contributed by atoms with Crippen molar-refractivity contribution < 1.29 is 19.6 Å². The van der Waals surface area contributed by atoms with Crippen LogP contribution in [0, 0.1) is 17.0 Å². The van der Waals surface area contributed by atoms with Gasteiger partial charge in [-0.25, -0.2) is 4.79 Å². The average Bonchev–Trinajstić information content (AvgIpc) is 2.32. The zero-order valence-corrected chi connectivity index (χ0v) is 11.3. The van der Waals surface area contributed by atoms with Crippen molar-refractivity contribution >= 4 is 17.3 Å². The SMILES string of the molecule is Cc1cc(N2CC(C)(OCC(=O)O)C2)ccc1[N+](=O)[O-]. The summed E-state index contributed by atoms with van der Waals surface area (Å²) in [7, 11) is 0. The van der Waals surface area contributed by atoms with Gasteiger partial charge in [-0.3, -0.25) is 10.1 Å². The fourth-order valence-corrected chi connectivity index (χ4v) is 2.31. The number of carboxylic acid groups (broad SMARTS) is 1. The largest absolute Gasteiger partial charge is 0.480 e. The average molecular weight is 280 g/mol. The minimum absolute atomic E-state index is 0.0964. The highest BCUT2D eigenvalue weighted by atomic mass is 16.6. The van der Waals surface area contributed by atoms with Crippen LogP contribution in [-0.4, -0.2) is 41.3 Å². The minimum Gasteiger partial charge on any atom is -0.480 e. The van der Waals surface area contributed by atoms with E-state index in [0.29, 0.717) is 18.7 Å². The number of nitro benzene ring substituents is 1. The molecule has 7 heteroatoms. The third-order valence-corrected chi connectivity index (χ3v) is 3.34. The van der Waals surface area contributed by atoms with E-state index in [-0.39, 0.29) is 12.3 Å². The summed E-state index contributed by atoms with van der Waals surface area (Å²) >= 11 is 0. The topological polar surface area (TPSA) is 92.9 Å². The first kappa shape index (κ1) is 14.3. The lowest BCUT2D eigenvalue weighted by Gasteiger charge is -2.48. The van der Waals surface area contributed by atoms with E-state index >= 15 is 0 Å². The van der Waals surface area contributed by atoms with Crippen LogP contribution in [0.25, 0.3) is 0 Å². The lowest BCUT2D eigenvalue weighted by molar-refractivity contribution is -0.385. The van der Waals surface area contributed by atoms with Gasteiger partial charge >= 0.3 is 5.97 Å². The second-order valence-corrected chi connectivity index (χ2v) is 5.22. The second-order valence-electron chi connectivity index (χ2n) is 5.22. The molecule has 1 aromatic rings. The fourth-order valence-electron chi connectivity index (χ4n) is 2.31. The number of ether oxygens (including phenoxy) is 1. The van der Waals surface area contributed by atoms with Crippen LogP contribution in [0.1, 0.15) is 12.5 Å². The van der Waals surface area contributed by atoms with Crippen molar-refractivity contribution in [3.63, 3.8) is 0 Å². The van der Waals surface area contributed by atoms with Gasteiger partial charge in [0.1, 0.15) is 12.2 Å². The zero-order valence-electron chi connectivity index (χ0n) is 11.3.